The second-order valence-electron chi connectivity index (χ2n) is 5.15. The van der Waals surface area contributed by atoms with Gasteiger partial charge in [0.2, 0.25) is 5.91 Å². The highest BCUT2D eigenvalue weighted by Crippen LogP contribution is 2.15. The lowest BCUT2D eigenvalue weighted by molar-refractivity contribution is -0.115. The molecule has 1 aromatic heterocycles. The molecule has 2 rings (SSSR count). The first kappa shape index (κ1) is 15.6. The van der Waals surface area contributed by atoms with E-state index in [2.05, 4.69) is 16.5 Å². The summed E-state index contributed by atoms with van der Waals surface area (Å²) in [5.41, 5.74) is 4.11. The summed E-state index contributed by atoms with van der Waals surface area (Å²) in [6.45, 7) is 6.65. The molecular weight excluding hydrogens is 282 g/mol. The summed E-state index contributed by atoms with van der Waals surface area (Å²) in [5, 5.41) is 7.36. The van der Waals surface area contributed by atoms with E-state index in [4.69, 9.17) is 0 Å². The monoisotopic (exact) mass is 303 g/mol. The van der Waals surface area contributed by atoms with E-state index in [1.165, 1.54) is 11.8 Å². The molecule has 0 saturated heterocycles. The number of benzene rings is 1. The van der Waals surface area contributed by atoms with Crippen molar-refractivity contribution in [1.82, 2.24) is 9.78 Å². The molecule has 0 aliphatic rings. The summed E-state index contributed by atoms with van der Waals surface area (Å²) >= 11 is 1.54. The molecule has 0 aliphatic heterocycles. The molecule has 2 aromatic rings. The number of rotatable bonds is 5. The van der Waals surface area contributed by atoms with Crippen LogP contribution in [-0.4, -0.2) is 27.2 Å². The molecule has 1 atom stereocenters. The molecular formula is C16H21N3OS. The molecule has 1 N–H and O–H groups in total. The van der Waals surface area contributed by atoms with Crippen LogP contribution in [0, 0.1) is 13.8 Å². The number of nitrogens with zero attached hydrogens (tertiary/aromatic N) is 2. The molecule has 0 fully saturated rings. The Labute approximate surface area is 129 Å². The molecule has 21 heavy (non-hydrogen) atoms. The van der Waals surface area contributed by atoms with Gasteiger partial charge in [0, 0.05) is 11.4 Å². The van der Waals surface area contributed by atoms with Crippen LogP contribution in [0.25, 0.3) is 0 Å². The largest absolute Gasteiger partial charge is 0.325 e. The summed E-state index contributed by atoms with van der Waals surface area (Å²) in [5.74, 6) is 0.0331. The summed E-state index contributed by atoms with van der Waals surface area (Å²) < 4.78 is 1.97. The van der Waals surface area contributed by atoms with Crippen molar-refractivity contribution in [2.75, 3.05) is 11.6 Å². The van der Waals surface area contributed by atoms with Crippen LogP contribution >= 0.6 is 11.8 Å². The third-order valence-corrected chi connectivity index (χ3v) is 4.27. The van der Waals surface area contributed by atoms with Crippen molar-refractivity contribution in [3.63, 3.8) is 0 Å². The van der Waals surface area contributed by atoms with Crippen LogP contribution in [0.15, 0.2) is 30.3 Å². The standard InChI is InChI=1S/C16H21N3OS/c1-11-8-12(2)19(18-11)10-14-6-5-7-15(9-14)17-16(20)13(3)21-4/h5-9,13H,10H2,1-4H3,(H,17,20)/t13-/m0/s1. The van der Waals surface area contributed by atoms with Crippen LogP contribution in [0.1, 0.15) is 23.9 Å². The zero-order chi connectivity index (χ0) is 15.4. The minimum Gasteiger partial charge on any atom is -0.325 e. The van der Waals surface area contributed by atoms with Gasteiger partial charge in [0.25, 0.3) is 0 Å². The molecule has 1 aromatic carbocycles. The Kier molecular flexibility index (Phi) is 5.07. The quantitative estimate of drug-likeness (QED) is 0.922. The van der Waals surface area contributed by atoms with Crippen LogP contribution in [0.3, 0.4) is 0 Å². The topological polar surface area (TPSA) is 46.9 Å². The molecule has 0 spiro atoms. The molecule has 0 unspecified atom stereocenters. The number of hydrogen-bond donors (Lipinski definition) is 1. The summed E-state index contributed by atoms with van der Waals surface area (Å²) in [4.78, 5) is 11.9. The van der Waals surface area contributed by atoms with Gasteiger partial charge in [-0.1, -0.05) is 12.1 Å². The van der Waals surface area contributed by atoms with Gasteiger partial charge in [0.1, 0.15) is 0 Å². The highest BCUT2D eigenvalue weighted by Gasteiger charge is 2.11. The molecule has 0 radical (unpaired) electrons. The second-order valence-corrected chi connectivity index (χ2v) is 6.33. The number of nitrogens with one attached hydrogen (secondary N) is 1. The Morgan fingerprint density at radius 3 is 2.76 bits per heavy atom. The number of amides is 1. The van der Waals surface area contributed by atoms with Crippen molar-refractivity contribution in [3.05, 3.63) is 47.3 Å². The van der Waals surface area contributed by atoms with E-state index in [-0.39, 0.29) is 11.2 Å². The van der Waals surface area contributed by atoms with Gasteiger partial charge in [-0.15, -0.1) is 0 Å². The number of hydrogen-bond acceptors (Lipinski definition) is 3. The smallest absolute Gasteiger partial charge is 0.237 e. The Balaban J connectivity index is 2.11. The second kappa shape index (κ2) is 6.80. The fraction of sp³-hybridized carbons (Fsp3) is 0.375. The van der Waals surface area contributed by atoms with Crippen molar-refractivity contribution in [2.45, 2.75) is 32.6 Å². The maximum atomic E-state index is 11.9. The van der Waals surface area contributed by atoms with E-state index < -0.39 is 0 Å². The average Bonchev–Trinajstić information content (AvgIpc) is 2.76. The highest BCUT2D eigenvalue weighted by molar-refractivity contribution is 7.99. The van der Waals surface area contributed by atoms with Gasteiger partial charge in [-0.3, -0.25) is 9.48 Å². The van der Waals surface area contributed by atoms with E-state index in [0.717, 1.165) is 22.6 Å². The summed E-state index contributed by atoms with van der Waals surface area (Å²) in [6.07, 6.45) is 1.93. The number of carbonyl (C=O) groups excluding carboxylic acids is 1. The average molecular weight is 303 g/mol. The van der Waals surface area contributed by atoms with Gasteiger partial charge < -0.3 is 5.32 Å². The number of thioether (sulfide) groups is 1. The normalized spacial score (nSPS) is 12.2. The number of anilines is 1. The first-order valence-corrected chi connectivity index (χ1v) is 8.22. The SMILES string of the molecule is CS[C@@H](C)C(=O)Nc1cccc(Cn2nc(C)cc2C)c1. The van der Waals surface area contributed by atoms with Crippen molar-refractivity contribution in [1.29, 1.82) is 0 Å². The number of aromatic nitrogens is 2. The van der Waals surface area contributed by atoms with E-state index in [0.29, 0.717) is 6.54 Å². The molecule has 0 saturated carbocycles. The van der Waals surface area contributed by atoms with Gasteiger partial charge in [-0.05, 0) is 50.8 Å². The molecule has 0 aliphatic carbocycles. The van der Waals surface area contributed by atoms with Crippen LogP contribution in [0.5, 0.6) is 0 Å². The third kappa shape index (κ3) is 4.11. The van der Waals surface area contributed by atoms with Gasteiger partial charge >= 0.3 is 0 Å². The molecule has 4 nitrogen and oxygen atoms in total. The van der Waals surface area contributed by atoms with E-state index in [1.54, 1.807) is 0 Å². The van der Waals surface area contributed by atoms with Crippen molar-refractivity contribution in [2.24, 2.45) is 0 Å². The van der Waals surface area contributed by atoms with Crippen molar-refractivity contribution >= 4 is 23.4 Å². The summed E-state index contributed by atoms with van der Waals surface area (Å²) in [6, 6.07) is 9.98. The highest BCUT2D eigenvalue weighted by atomic mass is 32.2. The Hall–Kier alpha value is -1.75. The van der Waals surface area contributed by atoms with Gasteiger partial charge in [-0.25, -0.2) is 0 Å². The van der Waals surface area contributed by atoms with Crippen LogP contribution < -0.4 is 5.32 Å². The van der Waals surface area contributed by atoms with Crippen LogP contribution in [-0.2, 0) is 11.3 Å². The van der Waals surface area contributed by atoms with Crippen molar-refractivity contribution < 1.29 is 4.79 Å². The number of carbonyl (C=O) groups is 1. The third-order valence-electron chi connectivity index (χ3n) is 3.35. The van der Waals surface area contributed by atoms with Gasteiger partial charge in [0.15, 0.2) is 0 Å². The predicted molar refractivity (Wildman–Crippen MR) is 88.9 cm³/mol. The molecule has 1 heterocycles. The van der Waals surface area contributed by atoms with Crippen LogP contribution in [0.2, 0.25) is 0 Å². The van der Waals surface area contributed by atoms with E-state index >= 15 is 0 Å². The van der Waals surface area contributed by atoms with Crippen LogP contribution in [0.4, 0.5) is 5.69 Å². The first-order chi connectivity index (χ1) is 9.99. The molecule has 1 amide bonds. The molecule has 0 bridgehead atoms. The molecule has 5 heteroatoms. The van der Waals surface area contributed by atoms with Crippen molar-refractivity contribution in [3.8, 4) is 0 Å². The Morgan fingerprint density at radius 2 is 2.14 bits per heavy atom. The van der Waals surface area contributed by atoms with Gasteiger partial charge in [0.05, 0.1) is 17.5 Å². The van der Waals surface area contributed by atoms with E-state index in [1.807, 2.05) is 56.0 Å². The Bertz CT molecular complexity index is 636. The predicted octanol–water partition coefficient (Wildman–Crippen LogP) is 3.24. The lowest BCUT2D eigenvalue weighted by Gasteiger charge is -2.11. The Morgan fingerprint density at radius 1 is 1.38 bits per heavy atom. The minimum absolute atomic E-state index is 0.0331. The maximum Gasteiger partial charge on any atom is 0.237 e. The lowest BCUT2D eigenvalue weighted by Crippen LogP contribution is -2.22. The molecule has 112 valence electrons. The van der Waals surface area contributed by atoms with E-state index in [9.17, 15) is 4.79 Å². The fourth-order valence-electron chi connectivity index (χ4n) is 2.11. The number of aryl methyl sites for hydroxylation is 2. The maximum absolute atomic E-state index is 11.9. The van der Waals surface area contributed by atoms with Gasteiger partial charge in [-0.2, -0.15) is 16.9 Å². The minimum atomic E-state index is -0.0512. The zero-order valence-corrected chi connectivity index (χ0v) is 13.7. The zero-order valence-electron chi connectivity index (χ0n) is 12.9. The summed E-state index contributed by atoms with van der Waals surface area (Å²) in [7, 11) is 0. The fourth-order valence-corrected chi connectivity index (χ4v) is 2.38. The lowest BCUT2D eigenvalue weighted by atomic mass is 10.2. The first-order valence-electron chi connectivity index (χ1n) is 6.93.